The lowest BCUT2D eigenvalue weighted by Crippen LogP contribution is -2.21. The van der Waals surface area contributed by atoms with E-state index in [9.17, 15) is 4.79 Å². The van der Waals surface area contributed by atoms with Crippen LogP contribution < -0.4 is 4.74 Å². The molecule has 26 heavy (non-hydrogen) atoms. The third kappa shape index (κ3) is 3.79. The van der Waals surface area contributed by atoms with Crippen LogP contribution in [0.25, 0.3) is 0 Å². The predicted octanol–water partition coefficient (Wildman–Crippen LogP) is 6.01. The summed E-state index contributed by atoms with van der Waals surface area (Å²) in [6, 6.07) is 8.23. The number of ketones is 1. The zero-order valence-corrected chi connectivity index (χ0v) is 16.4. The van der Waals surface area contributed by atoms with Crippen LogP contribution in [0.2, 0.25) is 0 Å². The molecule has 0 saturated heterocycles. The first-order valence-electron chi connectivity index (χ1n) is 9.97. The van der Waals surface area contributed by atoms with Gasteiger partial charge in [-0.15, -0.1) is 0 Å². The second-order valence-corrected chi connectivity index (χ2v) is 8.42. The minimum absolute atomic E-state index is 0.123. The van der Waals surface area contributed by atoms with Crippen LogP contribution in [0, 0.1) is 11.8 Å². The standard InChI is InChI=1S/C24H32O2/c1-17-16-24(3,20-10-12-22(26-4)13-11-20)18(2)23(17)15-21(25)14-19-8-6-5-7-9-19/h10-13,19,23H,1-2,5-9,14-16H2,3-4H3. The first-order chi connectivity index (χ1) is 12.4. The van der Waals surface area contributed by atoms with E-state index in [0.29, 0.717) is 18.1 Å². The molecule has 0 heterocycles. The highest BCUT2D eigenvalue weighted by Gasteiger charge is 2.43. The molecule has 0 bridgehead atoms. The van der Waals surface area contributed by atoms with E-state index in [1.807, 2.05) is 12.1 Å². The summed E-state index contributed by atoms with van der Waals surface area (Å²) in [6.45, 7) is 10.9. The van der Waals surface area contributed by atoms with Gasteiger partial charge in [0.05, 0.1) is 7.11 Å². The average Bonchev–Trinajstić information content (AvgIpc) is 2.86. The maximum atomic E-state index is 12.7. The monoisotopic (exact) mass is 352 g/mol. The minimum Gasteiger partial charge on any atom is -0.497 e. The van der Waals surface area contributed by atoms with Gasteiger partial charge in [-0.1, -0.05) is 75.5 Å². The molecule has 2 heteroatoms. The highest BCUT2D eigenvalue weighted by molar-refractivity contribution is 5.80. The quantitative estimate of drug-likeness (QED) is 0.586. The Morgan fingerprint density at radius 2 is 1.77 bits per heavy atom. The molecule has 2 atom stereocenters. The van der Waals surface area contributed by atoms with Crippen LogP contribution in [0.1, 0.15) is 63.9 Å². The van der Waals surface area contributed by atoms with Crippen LogP contribution >= 0.6 is 0 Å². The summed E-state index contributed by atoms with van der Waals surface area (Å²) in [6.07, 6.45) is 8.56. The van der Waals surface area contributed by atoms with Crippen LogP contribution in [0.5, 0.6) is 5.75 Å². The summed E-state index contributed by atoms with van der Waals surface area (Å²) in [4.78, 5) is 12.7. The fourth-order valence-electron chi connectivity index (χ4n) is 4.86. The largest absolute Gasteiger partial charge is 0.497 e. The second-order valence-electron chi connectivity index (χ2n) is 8.42. The molecule has 0 aliphatic heterocycles. The maximum absolute atomic E-state index is 12.7. The van der Waals surface area contributed by atoms with E-state index < -0.39 is 0 Å². The van der Waals surface area contributed by atoms with Crippen LogP contribution in [-0.4, -0.2) is 12.9 Å². The predicted molar refractivity (Wildman–Crippen MR) is 108 cm³/mol. The first kappa shape index (κ1) is 18.9. The fraction of sp³-hybridized carbons (Fsp3) is 0.542. The third-order valence-electron chi connectivity index (χ3n) is 6.60. The van der Waals surface area contributed by atoms with Gasteiger partial charge in [0.25, 0.3) is 0 Å². The van der Waals surface area contributed by atoms with Gasteiger partial charge in [0.2, 0.25) is 0 Å². The number of methoxy groups -OCH3 is 1. The van der Waals surface area contributed by atoms with E-state index in [2.05, 4.69) is 32.2 Å². The molecule has 140 valence electrons. The first-order valence-corrected chi connectivity index (χ1v) is 9.97. The van der Waals surface area contributed by atoms with Crippen molar-refractivity contribution in [1.82, 2.24) is 0 Å². The normalized spacial score (nSPS) is 26.9. The van der Waals surface area contributed by atoms with E-state index in [4.69, 9.17) is 4.74 Å². The van der Waals surface area contributed by atoms with Crippen molar-refractivity contribution in [1.29, 1.82) is 0 Å². The molecule has 2 saturated carbocycles. The van der Waals surface area contributed by atoms with Crippen LogP contribution in [0.4, 0.5) is 0 Å². The topological polar surface area (TPSA) is 26.3 Å². The summed E-state index contributed by atoms with van der Waals surface area (Å²) < 4.78 is 5.27. The maximum Gasteiger partial charge on any atom is 0.134 e. The molecule has 0 amide bonds. The van der Waals surface area contributed by atoms with Gasteiger partial charge in [-0.2, -0.15) is 0 Å². The highest BCUT2D eigenvalue weighted by atomic mass is 16.5. The van der Waals surface area contributed by atoms with Crippen LogP contribution in [0.15, 0.2) is 48.6 Å². The second kappa shape index (κ2) is 7.82. The van der Waals surface area contributed by atoms with Crippen molar-refractivity contribution < 1.29 is 9.53 Å². The molecule has 2 aliphatic rings. The molecular formula is C24H32O2. The number of hydrogen-bond acceptors (Lipinski definition) is 2. The number of carbonyl (C=O) groups excluding carboxylic acids is 1. The Hall–Kier alpha value is -1.83. The summed E-state index contributed by atoms with van der Waals surface area (Å²) in [5.41, 5.74) is 3.39. The van der Waals surface area contributed by atoms with Gasteiger partial charge in [-0.05, 0) is 30.0 Å². The fourth-order valence-corrected chi connectivity index (χ4v) is 4.86. The molecule has 1 aromatic rings. The zero-order valence-electron chi connectivity index (χ0n) is 16.4. The molecule has 0 radical (unpaired) electrons. The number of ether oxygens (including phenoxy) is 1. The van der Waals surface area contributed by atoms with Gasteiger partial charge in [-0.3, -0.25) is 4.79 Å². The number of rotatable bonds is 6. The van der Waals surface area contributed by atoms with Gasteiger partial charge in [0.15, 0.2) is 0 Å². The molecule has 0 spiro atoms. The minimum atomic E-state index is -0.140. The van der Waals surface area contributed by atoms with Crippen molar-refractivity contribution in [2.24, 2.45) is 11.8 Å². The highest BCUT2D eigenvalue weighted by Crippen LogP contribution is 2.51. The van der Waals surface area contributed by atoms with Crippen molar-refractivity contribution in [3.8, 4) is 5.75 Å². The summed E-state index contributed by atoms with van der Waals surface area (Å²) in [5.74, 6) is 1.98. The number of allylic oxidation sites excluding steroid dienone is 2. The van der Waals surface area contributed by atoms with E-state index in [0.717, 1.165) is 29.7 Å². The Morgan fingerprint density at radius 1 is 1.12 bits per heavy atom. The Balaban J connectivity index is 1.68. The molecule has 3 rings (SSSR count). The van der Waals surface area contributed by atoms with Gasteiger partial charge in [0.1, 0.15) is 11.5 Å². The molecule has 2 nitrogen and oxygen atoms in total. The summed E-state index contributed by atoms with van der Waals surface area (Å²) in [7, 11) is 1.68. The number of hydrogen-bond donors (Lipinski definition) is 0. The molecular weight excluding hydrogens is 320 g/mol. The van der Waals surface area contributed by atoms with Crippen molar-refractivity contribution >= 4 is 5.78 Å². The average molecular weight is 353 g/mol. The smallest absolute Gasteiger partial charge is 0.134 e. The van der Waals surface area contributed by atoms with E-state index in [1.165, 1.54) is 37.7 Å². The van der Waals surface area contributed by atoms with E-state index in [1.54, 1.807) is 7.11 Å². The van der Waals surface area contributed by atoms with Gasteiger partial charge < -0.3 is 4.74 Å². The molecule has 1 aromatic carbocycles. The lowest BCUT2D eigenvalue weighted by Gasteiger charge is -2.28. The number of Topliss-reactive ketones (excluding diaryl/α,β-unsaturated/α-hetero) is 1. The molecule has 0 aromatic heterocycles. The van der Waals surface area contributed by atoms with Crippen molar-refractivity contribution in [2.45, 2.75) is 63.7 Å². The lowest BCUT2D eigenvalue weighted by atomic mass is 9.76. The van der Waals surface area contributed by atoms with Gasteiger partial charge in [-0.25, -0.2) is 0 Å². The SMILES string of the molecule is C=C1CC(C)(c2ccc(OC)cc2)C(=C)C1CC(=O)CC1CCCCC1. The third-order valence-corrected chi connectivity index (χ3v) is 6.60. The Labute approximate surface area is 158 Å². The Kier molecular flexibility index (Phi) is 5.70. The Bertz CT molecular complexity index is 679. The Morgan fingerprint density at radius 3 is 2.38 bits per heavy atom. The molecule has 2 unspecified atom stereocenters. The van der Waals surface area contributed by atoms with Crippen LogP contribution in [-0.2, 0) is 10.2 Å². The van der Waals surface area contributed by atoms with Crippen molar-refractivity contribution in [3.05, 3.63) is 54.1 Å². The number of benzene rings is 1. The zero-order chi connectivity index (χ0) is 18.7. The van der Waals surface area contributed by atoms with E-state index >= 15 is 0 Å². The van der Waals surface area contributed by atoms with Crippen LogP contribution in [0.3, 0.4) is 0 Å². The van der Waals surface area contributed by atoms with E-state index in [-0.39, 0.29) is 11.3 Å². The van der Waals surface area contributed by atoms with Crippen molar-refractivity contribution in [3.63, 3.8) is 0 Å². The van der Waals surface area contributed by atoms with Gasteiger partial charge >= 0.3 is 0 Å². The van der Waals surface area contributed by atoms with Gasteiger partial charge in [0, 0.05) is 24.2 Å². The molecule has 2 fully saturated rings. The van der Waals surface area contributed by atoms with Crippen molar-refractivity contribution in [2.75, 3.05) is 7.11 Å². The summed E-state index contributed by atoms with van der Waals surface area (Å²) in [5, 5.41) is 0. The molecule has 2 aliphatic carbocycles. The lowest BCUT2D eigenvalue weighted by molar-refractivity contribution is -0.120. The summed E-state index contributed by atoms with van der Waals surface area (Å²) >= 11 is 0. The number of carbonyl (C=O) groups is 1. The molecule has 0 N–H and O–H groups in total.